The Kier molecular flexibility index (Phi) is 3.77. The maximum absolute atomic E-state index is 13.3. The summed E-state index contributed by atoms with van der Waals surface area (Å²) in [5, 5.41) is 2.43. The number of carbonyl (C=O) groups is 1. The zero-order chi connectivity index (χ0) is 13.2. The normalized spacial score (nSPS) is 11.1. The SMILES string of the molecule is CC(C)(NC(=O)c1cc(F)ccc1F)C(N)=S. The highest BCUT2D eigenvalue weighted by atomic mass is 32.1. The first-order valence-electron chi connectivity index (χ1n) is 4.81. The Balaban J connectivity index is 2.98. The standard InChI is InChI=1S/C11H12F2N2OS/c1-11(2,10(14)17)15-9(16)7-5-6(12)3-4-8(7)13/h3-5H,1-2H3,(H2,14,17)(H,15,16). The van der Waals surface area contributed by atoms with E-state index >= 15 is 0 Å². The molecule has 1 aromatic rings. The third kappa shape index (κ3) is 3.20. The number of nitrogens with two attached hydrogens (primary N) is 1. The molecule has 0 saturated heterocycles. The van der Waals surface area contributed by atoms with Gasteiger partial charge < -0.3 is 11.1 Å². The van der Waals surface area contributed by atoms with E-state index in [1.807, 2.05) is 0 Å². The third-order valence-electron chi connectivity index (χ3n) is 2.22. The number of benzene rings is 1. The predicted octanol–water partition coefficient (Wildman–Crippen LogP) is 1.76. The molecule has 1 amide bonds. The van der Waals surface area contributed by atoms with Gasteiger partial charge in [-0.25, -0.2) is 8.78 Å². The number of amides is 1. The number of rotatable bonds is 3. The summed E-state index contributed by atoms with van der Waals surface area (Å²) in [6, 6.07) is 2.64. The molecule has 0 heterocycles. The number of nitrogens with one attached hydrogen (secondary N) is 1. The van der Waals surface area contributed by atoms with Crippen LogP contribution in [0.4, 0.5) is 8.78 Å². The molecule has 6 heteroatoms. The fourth-order valence-corrected chi connectivity index (χ4v) is 1.14. The fraction of sp³-hybridized carbons (Fsp3) is 0.273. The molecule has 3 nitrogen and oxygen atoms in total. The zero-order valence-corrected chi connectivity index (χ0v) is 10.2. The Morgan fingerprint density at radius 2 is 2.00 bits per heavy atom. The highest BCUT2D eigenvalue weighted by Crippen LogP contribution is 2.11. The average molecular weight is 258 g/mol. The molecule has 0 unspecified atom stereocenters. The Labute approximate surface area is 103 Å². The van der Waals surface area contributed by atoms with E-state index in [0.29, 0.717) is 0 Å². The lowest BCUT2D eigenvalue weighted by Gasteiger charge is -2.24. The highest BCUT2D eigenvalue weighted by Gasteiger charge is 2.25. The van der Waals surface area contributed by atoms with E-state index in [9.17, 15) is 13.6 Å². The molecule has 0 bridgehead atoms. The molecule has 0 spiro atoms. The fourth-order valence-electron chi connectivity index (χ4n) is 1.08. The summed E-state index contributed by atoms with van der Waals surface area (Å²) in [6.45, 7) is 3.15. The van der Waals surface area contributed by atoms with Gasteiger partial charge in [0.25, 0.3) is 5.91 Å². The van der Waals surface area contributed by atoms with Crippen molar-refractivity contribution in [3.8, 4) is 0 Å². The second kappa shape index (κ2) is 4.75. The van der Waals surface area contributed by atoms with E-state index in [1.54, 1.807) is 13.8 Å². The van der Waals surface area contributed by atoms with Crippen LogP contribution in [0.15, 0.2) is 18.2 Å². The number of carbonyl (C=O) groups excluding carboxylic acids is 1. The highest BCUT2D eigenvalue weighted by molar-refractivity contribution is 7.80. The Morgan fingerprint density at radius 3 is 2.53 bits per heavy atom. The Bertz CT molecular complexity index is 475. The van der Waals surface area contributed by atoms with Crippen molar-refractivity contribution in [2.45, 2.75) is 19.4 Å². The van der Waals surface area contributed by atoms with Crippen molar-refractivity contribution < 1.29 is 13.6 Å². The summed E-state index contributed by atoms with van der Waals surface area (Å²) in [7, 11) is 0. The molecule has 0 radical (unpaired) electrons. The molecule has 92 valence electrons. The van der Waals surface area contributed by atoms with Gasteiger partial charge in [0.2, 0.25) is 0 Å². The molecule has 1 aromatic carbocycles. The van der Waals surface area contributed by atoms with Gasteiger partial charge in [-0.3, -0.25) is 4.79 Å². The molecular formula is C11H12F2N2OS. The van der Waals surface area contributed by atoms with Crippen molar-refractivity contribution in [3.63, 3.8) is 0 Å². The number of halogens is 2. The molecule has 0 aromatic heterocycles. The van der Waals surface area contributed by atoms with Crippen molar-refractivity contribution in [1.82, 2.24) is 5.32 Å². The van der Waals surface area contributed by atoms with E-state index in [-0.39, 0.29) is 10.6 Å². The number of thiocarbonyl (C=S) groups is 1. The molecule has 17 heavy (non-hydrogen) atoms. The summed E-state index contributed by atoms with van der Waals surface area (Å²) < 4.78 is 26.2. The van der Waals surface area contributed by atoms with Crippen LogP contribution in [0.3, 0.4) is 0 Å². The van der Waals surface area contributed by atoms with Crippen LogP contribution in [-0.4, -0.2) is 16.4 Å². The Morgan fingerprint density at radius 1 is 1.41 bits per heavy atom. The van der Waals surface area contributed by atoms with Crippen LogP contribution in [0.2, 0.25) is 0 Å². The number of hydrogen-bond acceptors (Lipinski definition) is 2. The third-order valence-corrected chi connectivity index (χ3v) is 2.73. The monoisotopic (exact) mass is 258 g/mol. The van der Waals surface area contributed by atoms with Crippen LogP contribution in [0.5, 0.6) is 0 Å². The van der Waals surface area contributed by atoms with Crippen molar-refractivity contribution in [3.05, 3.63) is 35.4 Å². The van der Waals surface area contributed by atoms with Crippen molar-refractivity contribution >= 4 is 23.1 Å². The van der Waals surface area contributed by atoms with E-state index in [1.165, 1.54) is 0 Å². The van der Waals surface area contributed by atoms with Gasteiger partial charge in [-0.05, 0) is 32.0 Å². The average Bonchev–Trinajstić information content (AvgIpc) is 2.20. The minimum Gasteiger partial charge on any atom is -0.391 e. The van der Waals surface area contributed by atoms with Gasteiger partial charge >= 0.3 is 0 Å². The van der Waals surface area contributed by atoms with Crippen LogP contribution in [0.25, 0.3) is 0 Å². The van der Waals surface area contributed by atoms with Gasteiger partial charge in [0, 0.05) is 0 Å². The van der Waals surface area contributed by atoms with E-state index in [4.69, 9.17) is 18.0 Å². The van der Waals surface area contributed by atoms with E-state index in [0.717, 1.165) is 18.2 Å². The smallest absolute Gasteiger partial charge is 0.255 e. The van der Waals surface area contributed by atoms with Gasteiger partial charge in [-0.2, -0.15) is 0 Å². The minimum atomic E-state index is -0.967. The van der Waals surface area contributed by atoms with Gasteiger partial charge in [-0.15, -0.1) is 0 Å². The maximum atomic E-state index is 13.3. The molecule has 0 fully saturated rings. The molecule has 0 saturated carbocycles. The molecular weight excluding hydrogens is 246 g/mol. The molecule has 0 atom stereocenters. The first-order valence-corrected chi connectivity index (χ1v) is 5.22. The van der Waals surface area contributed by atoms with Crippen molar-refractivity contribution in [2.24, 2.45) is 5.73 Å². The summed E-state index contributed by atoms with van der Waals surface area (Å²) in [5.41, 5.74) is 4.07. The lowest BCUT2D eigenvalue weighted by molar-refractivity contribution is 0.0927. The quantitative estimate of drug-likeness (QED) is 0.812. The second-order valence-corrected chi connectivity index (χ2v) is 4.51. The van der Waals surface area contributed by atoms with Gasteiger partial charge in [0.1, 0.15) is 11.6 Å². The number of hydrogen-bond donors (Lipinski definition) is 2. The summed E-state index contributed by atoms with van der Waals surface area (Å²) in [5.74, 6) is -2.26. The lowest BCUT2D eigenvalue weighted by atomic mass is 10.0. The van der Waals surface area contributed by atoms with Crippen LogP contribution >= 0.6 is 12.2 Å². The second-order valence-electron chi connectivity index (χ2n) is 4.07. The van der Waals surface area contributed by atoms with Crippen molar-refractivity contribution in [2.75, 3.05) is 0 Å². The summed E-state index contributed by atoms with van der Waals surface area (Å²) in [6.07, 6.45) is 0. The maximum Gasteiger partial charge on any atom is 0.255 e. The Hall–Kier alpha value is -1.56. The van der Waals surface area contributed by atoms with Crippen LogP contribution in [0.1, 0.15) is 24.2 Å². The van der Waals surface area contributed by atoms with E-state index in [2.05, 4.69) is 5.32 Å². The predicted molar refractivity (Wildman–Crippen MR) is 64.7 cm³/mol. The van der Waals surface area contributed by atoms with Crippen LogP contribution in [-0.2, 0) is 0 Å². The van der Waals surface area contributed by atoms with Gasteiger partial charge in [-0.1, -0.05) is 12.2 Å². The summed E-state index contributed by atoms with van der Waals surface area (Å²) in [4.78, 5) is 11.8. The largest absolute Gasteiger partial charge is 0.391 e. The van der Waals surface area contributed by atoms with Crippen LogP contribution < -0.4 is 11.1 Å². The zero-order valence-electron chi connectivity index (χ0n) is 9.38. The summed E-state index contributed by atoms with van der Waals surface area (Å²) >= 11 is 4.75. The van der Waals surface area contributed by atoms with Crippen LogP contribution in [0, 0.1) is 11.6 Å². The van der Waals surface area contributed by atoms with Gasteiger partial charge in [0.05, 0.1) is 16.1 Å². The first kappa shape index (κ1) is 13.5. The topological polar surface area (TPSA) is 55.1 Å². The molecule has 0 aliphatic carbocycles. The lowest BCUT2D eigenvalue weighted by Crippen LogP contribution is -2.52. The minimum absolute atomic E-state index is 0.0580. The van der Waals surface area contributed by atoms with Gasteiger partial charge in [0.15, 0.2) is 0 Å². The van der Waals surface area contributed by atoms with Crippen molar-refractivity contribution in [1.29, 1.82) is 0 Å². The first-order chi connectivity index (χ1) is 7.74. The van der Waals surface area contributed by atoms with E-state index < -0.39 is 23.1 Å². The molecule has 0 aliphatic heterocycles. The molecule has 0 aliphatic rings. The molecule has 1 rings (SSSR count). The molecule has 3 N–H and O–H groups in total.